The molecule has 2 aliphatic rings. The number of carbonyl (C=O) groups excluding carboxylic acids is 1. The van der Waals surface area contributed by atoms with Crippen LogP contribution in [0.3, 0.4) is 0 Å². The second-order valence-corrected chi connectivity index (χ2v) is 56.7. The van der Waals surface area contributed by atoms with Gasteiger partial charge in [-0.15, -0.1) is 6.58 Å². The number of aliphatic hydroxyl groups excluding tert-OH is 3. The van der Waals surface area contributed by atoms with Gasteiger partial charge in [0.1, 0.15) is 30.0 Å². The highest BCUT2D eigenvalue weighted by molar-refractivity contribution is 14.1. The summed E-state index contributed by atoms with van der Waals surface area (Å²) in [6, 6.07) is -0.239. The second kappa shape index (κ2) is 89.8. The molecule has 0 aromatic rings. The lowest BCUT2D eigenvalue weighted by atomic mass is 9.89. The van der Waals surface area contributed by atoms with Gasteiger partial charge in [-0.1, -0.05) is 225 Å². The third kappa shape index (κ3) is 83.4. The molecule has 0 amide bonds. The second-order valence-electron chi connectivity index (χ2n) is 41.6. The molecule has 141 heavy (non-hydrogen) atoms. The number of hydrogen-bond acceptors (Lipinski definition) is 17. The Morgan fingerprint density at radius 2 is 0.738 bits per heavy atom. The monoisotopic (exact) mass is 2190 g/mol. The number of aliphatic imine (C=N–C) groups is 4. The first kappa shape index (κ1) is 148. The van der Waals surface area contributed by atoms with Crippen molar-refractivity contribution in [3.63, 3.8) is 0 Å². The highest BCUT2D eigenvalue weighted by Crippen LogP contribution is 2.39. The van der Waals surface area contributed by atoms with E-state index in [4.69, 9.17) is 58.2 Å². The maximum absolute atomic E-state index is 12.1. The summed E-state index contributed by atoms with van der Waals surface area (Å²) in [4.78, 5) is 39.4. The van der Waals surface area contributed by atoms with E-state index in [1.54, 1.807) is 6.08 Å². The molecule has 0 fully saturated rings. The molecular weight excluding hydrogens is 1990 g/mol. The number of unbranched alkanes of at least 4 members (excludes halogenated alkanes) is 22. The summed E-state index contributed by atoms with van der Waals surface area (Å²) >= 11 is 2.26. The Balaban J connectivity index is -0.000000378. The molecule has 0 aliphatic carbocycles. The normalized spacial score (nSPS) is 16.8. The zero-order valence-electron chi connectivity index (χ0n) is 93.0. The molecule has 0 aromatic carbocycles. The van der Waals surface area contributed by atoms with Crippen LogP contribution in [0.4, 0.5) is 43.9 Å². The number of carboxylic acids is 1. The topological polar surface area (TPSA) is 255 Å². The molecule has 2 aliphatic heterocycles. The van der Waals surface area contributed by atoms with E-state index in [-0.39, 0.29) is 67.8 Å². The molecule has 3 unspecified atom stereocenters. The van der Waals surface area contributed by atoms with Crippen LogP contribution in [-0.2, 0) is 41.8 Å². The minimum Gasteiger partial charge on any atom is -0.480 e. The van der Waals surface area contributed by atoms with E-state index in [0.29, 0.717) is 118 Å². The molecule has 0 saturated carbocycles. The molecule has 2 rings (SSSR count). The minimum atomic E-state index is -2.20. The summed E-state index contributed by atoms with van der Waals surface area (Å²) < 4.78 is 161. The fraction of sp³-hybridized carbons (Fsp3) is 0.835. The molecule has 7 atom stereocenters. The van der Waals surface area contributed by atoms with Crippen molar-refractivity contribution in [1.29, 1.82) is 0 Å². The van der Waals surface area contributed by atoms with E-state index < -0.39 is 86.3 Å². The number of rotatable bonds is 66. The standard InChI is InChI=1S/C24H42F2N2O3.C18H36F2OSi.C15H27F2NO3.C12H20F2O.C12H22N2O2.C11H23IOSi.C10H24O2Si.C7H12F2/c1-6-30-22-21(18(3)4)27-23(31-7-2)24(5,28-22)19(29)16-14-12-10-8-9-11-13-15-17-20(25)26;1-18(2,3)22(4,5)21-16-14-12-10-8-6-7-9-11-13-15-17(19)20;1-15(18,14(20)21)12(19)10-8-6-4-2-3-5-7-9-11-13(16)17;13-12(14)10-8-6-4-2-1-3-5-7-9-11-15;1-6-15-11-9(5)13-12(16-7-2)10(14-11)8(3)4;1-11(2,3)14(4,5)13-10-8-6-7-9-12;1-10(2,3)13(4,5)12-9-7-6-8-11;1-2-3-4-5-6-7(8)9/h10,12,18-21,29H,6-9,11,13-17H2,1-5H3;8,10,17H,6-7,9,11-16H2,1-5H3;4,6,12-13,19H,2-3,5,7-11,18H2,1H3,(H,20,21);3,5,11-12H,1-2,4,6-10H2;8-10H,6-7H2,1-5H3;7,9H,6,8,10H2,1-5H3;11H,6-9H2,1-5H3;2,7H,1,3-6H2/b12-10+;10-8+;6-4+;5-3+;;9-7+;;/t19?,21-,24+;;12?,15-;;9?,10-;;;/m1.0.1.../s1. The molecule has 0 saturated heterocycles. The summed E-state index contributed by atoms with van der Waals surface area (Å²) in [5.41, 5.74) is 2.91. The Morgan fingerprint density at radius 1 is 0.426 bits per heavy atom. The van der Waals surface area contributed by atoms with E-state index in [0.717, 1.165) is 198 Å². The lowest BCUT2D eigenvalue weighted by molar-refractivity contribution is -0.147. The molecule has 6 N–H and O–H groups in total. The average Bonchev–Trinajstić information content (AvgIpc) is 0.767. The lowest BCUT2D eigenvalue weighted by Gasteiger charge is -2.37. The number of aldehydes is 1. The van der Waals surface area contributed by atoms with Gasteiger partial charge in [-0.05, 0) is 286 Å². The van der Waals surface area contributed by atoms with Crippen LogP contribution in [0, 0.1) is 11.8 Å². The highest BCUT2D eigenvalue weighted by Gasteiger charge is 2.46. The number of halogens is 11. The Labute approximate surface area is 869 Å². The van der Waals surface area contributed by atoms with Crippen molar-refractivity contribution in [2.45, 2.75) is 523 Å². The van der Waals surface area contributed by atoms with Gasteiger partial charge in [0.15, 0.2) is 30.5 Å². The Bertz CT molecular complexity index is 3260. The van der Waals surface area contributed by atoms with Gasteiger partial charge in [-0.25, -0.2) is 63.9 Å². The van der Waals surface area contributed by atoms with Crippen molar-refractivity contribution < 1.29 is 106 Å². The summed E-state index contributed by atoms with van der Waals surface area (Å²) in [6.45, 7) is 63.8. The summed E-state index contributed by atoms with van der Waals surface area (Å²) in [7, 11) is -4.61. The number of carboxylic acid groups (broad SMARTS) is 1. The number of hydrogen-bond donors (Lipinski definition) is 5. The molecule has 0 spiro atoms. The van der Waals surface area contributed by atoms with Gasteiger partial charge in [0, 0.05) is 65.0 Å². The molecule has 0 aromatic heterocycles. The van der Waals surface area contributed by atoms with Gasteiger partial charge in [-0.3, -0.25) is 4.79 Å². The first-order valence-electron chi connectivity index (χ1n) is 53.0. The maximum atomic E-state index is 12.1. The summed E-state index contributed by atoms with van der Waals surface area (Å²) in [5, 5.41) is 39.0. The first-order valence-corrected chi connectivity index (χ1v) is 63.0. The predicted molar refractivity (Wildman–Crippen MR) is 591 cm³/mol. The van der Waals surface area contributed by atoms with Crippen LogP contribution in [0.15, 0.2) is 91.4 Å². The fourth-order valence-electron chi connectivity index (χ4n) is 12.4. The van der Waals surface area contributed by atoms with Crippen molar-refractivity contribution in [3.05, 3.63) is 71.4 Å². The van der Waals surface area contributed by atoms with Crippen LogP contribution in [0.1, 0.15) is 395 Å². The van der Waals surface area contributed by atoms with Crippen LogP contribution in [0.5, 0.6) is 0 Å². The molecule has 0 radical (unpaired) electrons. The Morgan fingerprint density at radius 3 is 1.07 bits per heavy atom. The molecule has 0 bridgehead atoms. The van der Waals surface area contributed by atoms with Gasteiger partial charge in [0.25, 0.3) is 0 Å². The Kier molecular flexibility index (Phi) is 94.0. The fourth-order valence-corrected chi connectivity index (χ4v) is 16.0. The van der Waals surface area contributed by atoms with E-state index in [2.05, 4.69) is 209 Å². The zero-order valence-corrected chi connectivity index (χ0v) is 98.1. The Hall–Kier alpha value is -4.14. The van der Waals surface area contributed by atoms with Crippen LogP contribution in [0.2, 0.25) is 54.4 Å². The number of nitrogens with two attached hydrogens (primary N) is 1. The number of carbonyl (C=O) groups is 2. The van der Waals surface area contributed by atoms with E-state index >= 15 is 0 Å². The van der Waals surface area contributed by atoms with Crippen molar-refractivity contribution in [1.82, 2.24) is 0 Å². The predicted octanol–water partition coefficient (Wildman–Crippen LogP) is 32.9. The number of aliphatic carboxylic acids is 1. The summed E-state index contributed by atoms with van der Waals surface area (Å²) in [5.74, 6) is 1.86. The highest BCUT2D eigenvalue weighted by atomic mass is 127. The van der Waals surface area contributed by atoms with Crippen molar-refractivity contribution in [2.75, 3.05) is 52.9 Å². The zero-order chi connectivity index (χ0) is 109. The third-order valence-corrected chi connectivity index (χ3v) is 38.9. The maximum Gasteiger partial charge on any atom is 0.326 e. The van der Waals surface area contributed by atoms with Crippen molar-refractivity contribution >= 4 is 83.4 Å². The van der Waals surface area contributed by atoms with E-state index in [1.165, 1.54) is 6.92 Å². The lowest BCUT2D eigenvalue weighted by Crippen LogP contribution is -2.54. The first-order chi connectivity index (χ1) is 66.0. The van der Waals surface area contributed by atoms with Crippen LogP contribution >= 0.6 is 22.6 Å². The SMILES string of the molecule is C=CCCCCC(F)F.CC(C)(C)[Si](C)(C)OCCC/C=C/CCCCCCC(F)F.CC(C)(C)[Si](C)(C)OCCC/C=C/I.CC(C)(C)[Si](C)(C)OCCCCO.CCOC1=N[C@@](C)(C(O)CC/C=C/CCCCCCC(F)F)C(OCC)=N[C@@H]1C(C)C.CCOC1=N[C@H](C(C)C)C(OCC)=NC1C.C[C@@](N)(C(=O)O)C(O)CC/C=C/CCCCCCC(F)F.O=CCC/C=C/CCCCCCC(F)F. The van der Waals surface area contributed by atoms with Gasteiger partial charge < -0.3 is 63.2 Å². The molecule has 834 valence electrons. The van der Waals surface area contributed by atoms with E-state index in [9.17, 15) is 63.7 Å². The van der Waals surface area contributed by atoms with Gasteiger partial charge in [-0.2, -0.15) is 0 Å². The smallest absolute Gasteiger partial charge is 0.326 e. The molecule has 32 heteroatoms. The number of alkyl halides is 10. The number of nitrogens with zero attached hydrogens (tertiary/aromatic N) is 4. The van der Waals surface area contributed by atoms with Crippen LogP contribution < -0.4 is 5.73 Å². The number of aliphatic hydroxyl groups is 3. The van der Waals surface area contributed by atoms with Gasteiger partial charge in [0.2, 0.25) is 55.7 Å². The number of allylic oxidation sites excluding steroid dienone is 10. The van der Waals surface area contributed by atoms with E-state index in [1.807, 2.05) is 59.8 Å². The summed E-state index contributed by atoms with van der Waals surface area (Å²) in [6.07, 6.45) is 38.9. The van der Waals surface area contributed by atoms with Crippen molar-refractivity contribution in [2.24, 2.45) is 37.5 Å². The van der Waals surface area contributed by atoms with Crippen LogP contribution in [-0.4, -0.2) is 208 Å². The van der Waals surface area contributed by atoms with Crippen LogP contribution in [0.25, 0.3) is 0 Å². The number of ether oxygens (including phenoxy) is 4. The largest absolute Gasteiger partial charge is 0.480 e. The third-order valence-electron chi connectivity index (χ3n) is 24.8. The average molecular weight is 2200 g/mol. The van der Waals surface area contributed by atoms with Gasteiger partial charge >= 0.3 is 5.97 Å². The molecule has 18 nitrogen and oxygen atoms in total. The molecule has 2 heterocycles. The van der Waals surface area contributed by atoms with Gasteiger partial charge in [0.05, 0.1) is 38.6 Å². The quantitative estimate of drug-likeness (QED) is 0.00948. The van der Waals surface area contributed by atoms with Crippen molar-refractivity contribution in [3.8, 4) is 0 Å². The molecular formula is C109H206F10IN5O13Si3. The minimum absolute atomic E-state index is 0.00213.